The minimum absolute atomic E-state index is 0.142. The van der Waals surface area contributed by atoms with Gasteiger partial charge in [0.25, 0.3) is 0 Å². The standard InChI is InChI=1S/C19H21N5O3S/c1-4-27-17-11-7-15(8-12-17)24-19(21-22-23-24)28-13(2)18(25)20-14-5-9-16(26-3)10-6-14/h5-13H,4H2,1-3H3,(H,20,25). The van der Waals surface area contributed by atoms with Crippen LogP contribution >= 0.6 is 11.8 Å². The summed E-state index contributed by atoms with van der Waals surface area (Å²) in [6.45, 7) is 4.34. The molecule has 1 aromatic heterocycles. The predicted molar refractivity (Wildman–Crippen MR) is 107 cm³/mol. The van der Waals surface area contributed by atoms with E-state index in [1.165, 1.54) is 11.8 Å². The van der Waals surface area contributed by atoms with Crippen molar-refractivity contribution >= 4 is 23.4 Å². The van der Waals surface area contributed by atoms with Gasteiger partial charge in [0.05, 0.1) is 24.7 Å². The molecule has 1 atom stereocenters. The molecule has 1 unspecified atom stereocenters. The van der Waals surface area contributed by atoms with Crippen LogP contribution in [-0.4, -0.2) is 45.1 Å². The van der Waals surface area contributed by atoms with Gasteiger partial charge in [0.15, 0.2) is 0 Å². The maximum atomic E-state index is 12.5. The number of carbonyl (C=O) groups excluding carboxylic acids is 1. The third kappa shape index (κ3) is 4.80. The number of hydrogen-bond donors (Lipinski definition) is 1. The number of thioether (sulfide) groups is 1. The number of hydrogen-bond acceptors (Lipinski definition) is 7. The van der Waals surface area contributed by atoms with Crippen molar-refractivity contribution in [3.63, 3.8) is 0 Å². The second-order valence-corrected chi connectivity index (χ2v) is 7.09. The number of nitrogens with zero attached hydrogens (tertiary/aromatic N) is 4. The Morgan fingerprint density at radius 1 is 1.14 bits per heavy atom. The van der Waals surface area contributed by atoms with Crippen LogP contribution in [0.3, 0.4) is 0 Å². The number of aromatic nitrogens is 4. The van der Waals surface area contributed by atoms with Crippen molar-refractivity contribution in [1.29, 1.82) is 0 Å². The number of ether oxygens (including phenoxy) is 2. The summed E-state index contributed by atoms with van der Waals surface area (Å²) in [5.74, 6) is 1.37. The van der Waals surface area contributed by atoms with Crippen molar-refractivity contribution in [3.05, 3.63) is 48.5 Å². The molecule has 0 spiro atoms. The fraction of sp³-hybridized carbons (Fsp3) is 0.263. The molecule has 0 aliphatic rings. The van der Waals surface area contributed by atoms with Crippen molar-refractivity contribution < 1.29 is 14.3 Å². The lowest BCUT2D eigenvalue weighted by Crippen LogP contribution is -2.22. The highest BCUT2D eigenvalue weighted by molar-refractivity contribution is 8.00. The average molecular weight is 399 g/mol. The summed E-state index contributed by atoms with van der Waals surface area (Å²) < 4.78 is 12.2. The molecular formula is C19H21N5O3S. The Balaban J connectivity index is 1.66. The van der Waals surface area contributed by atoms with E-state index in [2.05, 4.69) is 20.8 Å². The lowest BCUT2D eigenvalue weighted by molar-refractivity contribution is -0.115. The summed E-state index contributed by atoms with van der Waals surface area (Å²) in [5.41, 5.74) is 1.49. The molecule has 9 heteroatoms. The third-order valence-electron chi connectivity index (χ3n) is 3.84. The second kappa shape index (κ2) is 9.23. The topological polar surface area (TPSA) is 91.2 Å². The predicted octanol–water partition coefficient (Wildman–Crippen LogP) is 3.19. The highest BCUT2D eigenvalue weighted by atomic mass is 32.2. The molecule has 1 heterocycles. The molecule has 1 amide bonds. The van der Waals surface area contributed by atoms with E-state index >= 15 is 0 Å². The van der Waals surface area contributed by atoms with E-state index in [1.807, 2.05) is 31.2 Å². The van der Waals surface area contributed by atoms with E-state index in [1.54, 1.807) is 43.0 Å². The van der Waals surface area contributed by atoms with Crippen molar-refractivity contribution in [2.75, 3.05) is 19.0 Å². The highest BCUT2D eigenvalue weighted by Gasteiger charge is 2.19. The number of benzene rings is 2. The maximum Gasteiger partial charge on any atom is 0.237 e. The van der Waals surface area contributed by atoms with Gasteiger partial charge in [-0.25, -0.2) is 0 Å². The van der Waals surface area contributed by atoms with Crippen molar-refractivity contribution in [3.8, 4) is 17.2 Å². The summed E-state index contributed by atoms with van der Waals surface area (Å²) in [6, 6.07) is 14.6. The summed E-state index contributed by atoms with van der Waals surface area (Å²) in [6.07, 6.45) is 0. The number of methoxy groups -OCH3 is 1. The molecule has 8 nitrogen and oxygen atoms in total. The average Bonchev–Trinajstić information content (AvgIpc) is 3.17. The molecule has 28 heavy (non-hydrogen) atoms. The van der Waals surface area contributed by atoms with Gasteiger partial charge in [-0.15, -0.1) is 5.10 Å². The van der Waals surface area contributed by atoms with Gasteiger partial charge in [-0.1, -0.05) is 11.8 Å². The molecule has 146 valence electrons. The molecule has 0 aliphatic carbocycles. The van der Waals surface area contributed by atoms with Crippen LogP contribution in [-0.2, 0) is 4.79 Å². The third-order valence-corrected chi connectivity index (χ3v) is 4.88. The molecule has 1 N–H and O–H groups in total. The molecule has 3 aromatic rings. The second-order valence-electron chi connectivity index (χ2n) is 5.78. The van der Waals surface area contributed by atoms with E-state index < -0.39 is 5.25 Å². The lowest BCUT2D eigenvalue weighted by Gasteiger charge is -2.12. The lowest BCUT2D eigenvalue weighted by atomic mass is 10.3. The first kappa shape index (κ1) is 19.7. The van der Waals surface area contributed by atoms with E-state index in [0.717, 1.165) is 17.2 Å². The van der Waals surface area contributed by atoms with Crippen LogP contribution in [0, 0.1) is 0 Å². The van der Waals surface area contributed by atoms with Gasteiger partial charge in [0.1, 0.15) is 11.5 Å². The van der Waals surface area contributed by atoms with Crippen LogP contribution in [0.5, 0.6) is 11.5 Å². The number of rotatable bonds is 8. The summed E-state index contributed by atoms with van der Waals surface area (Å²) in [5, 5.41) is 14.8. The Bertz CT molecular complexity index is 912. The summed E-state index contributed by atoms with van der Waals surface area (Å²) in [4.78, 5) is 12.5. The monoisotopic (exact) mass is 399 g/mol. The molecule has 0 saturated heterocycles. The summed E-state index contributed by atoms with van der Waals surface area (Å²) in [7, 11) is 1.60. The Labute approximate surface area is 167 Å². The number of nitrogens with one attached hydrogen (secondary N) is 1. The molecule has 0 aliphatic heterocycles. The molecule has 2 aromatic carbocycles. The number of tetrazole rings is 1. The first-order chi connectivity index (χ1) is 13.6. The van der Waals surface area contributed by atoms with Gasteiger partial charge < -0.3 is 14.8 Å². The van der Waals surface area contributed by atoms with Crippen molar-refractivity contribution in [2.24, 2.45) is 0 Å². The van der Waals surface area contributed by atoms with Gasteiger partial charge >= 0.3 is 0 Å². The Hall–Kier alpha value is -3.07. The summed E-state index contributed by atoms with van der Waals surface area (Å²) >= 11 is 1.28. The SMILES string of the molecule is CCOc1ccc(-n2nnnc2SC(C)C(=O)Nc2ccc(OC)cc2)cc1. The van der Waals surface area contributed by atoms with E-state index in [-0.39, 0.29) is 5.91 Å². The van der Waals surface area contributed by atoms with Gasteiger partial charge in [-0.05, 0) is 72.8 Å². The molecule has 0 fully saturated rings. The molecule has 0 saturated carbocycles. The van der Waals surface area contributed by atoms with Crippen LogP contribution in [0.15, 0.2) is 53.7 Å². The van der Waals surface area contributed by atoms with E-state index in [9.17, 15) is 4.79 Å². The van der Waals surface area contributed by atoms with E-state index in [0.29, 0.717) is 17.5 Å². The van der Waals surface area contributed by atoms with Crippen molar-refractivity contribution in [2.45, 2.75) is 24.3 Å². The largest absolute Gasteiger partial charge is 0.497 e. The zero-order valence-corrected chi connectivity index (χ0v) is 16.6. The minimum Gasteiger partial charge on any atom is -0.497 e. The Morgan fingerprint density at radius 3 is 2.46 bits per heavy atom. The van der Waals surface area contributed by atoms with Crippen LogP contribution in [0.25, 0.3) is 5.69 Å². The zero-order chi connectivity index (χ0) is 19.9. The van der Waals surface area contributed by atoms with Crippen LogP contribution in [0.4, 0.5) is 5.69 Å². The normalized spacial score (nSPS) is 11.7. The van der Waals surface area contributed by atoms with Gasteiger partial charge in [0, 0.05) is 5.69 Å². The fourth-order valence-electron chi connectivity index (χ4n) is 2.39. The minimum atomic E-state index is -0.394. The van der Waals surface area contributed by atoms with E-state index in [4.69, 9.17) is 9.47 Å². The van der Waals surface area contributed by atoms with Gasteiger partial charge in [0.2, 0.25) is 11.1 Å². The molecule has 3 rings (SSSR count). The molecule has 0 radical (unpaired) electrons. The zero-order valence-electron chi connectivity index (χ0n) is 15.8. The first-order valence-corrected chi connectivity index (χ1v) is 9.62. The quantitative estimate of drug-likeness (QED) is 0.582. The smallest absolute Gasteiger partial charge is 0.237 e. The fourth-order valence-corrected chi connectivity index (χ4v) is 3.20. The molecular weight excluding hydrogens is 378 g/mol. The van der Waals surface area contributed by atoms with Crippen molar-refractivity contribution in [1.82, 2.24) is 20.2 Å². The van der Waals surface area contributed by atoms with Crippen LogP contribution in [0.2, 0.25) is 0 Å². The Kier molecular flexibility index (Phi) is 6.49. The Morgan fingerprint density at radius 2 is 1.82 bits per heavy atom. The number of amides is 1. The van der Waals surface area contributed by atoms with Crippen LogP contribution in [0.1, 0.15) is 13.8 Å². The highest BCUT2D eigenvalue weighted by Crippen LogP contribution is 2.25. The van der Waals surface area contributed by atoms with Gasteiger partial charge in [-0.2, -0.15) is 4.68 Å². The molecule has 0 bridgehead atoms. The number of carbonyl (C=O) groups is 1. The maximum absolute atomic E-state index is 12.5. The van der Waals surface area contributed by atoms with Crippen LogP contribution < -0.4 is 14.8 Å². The number of anilines is 1. The van der Waals surface area contributed by atoms with Gasteiger partial charge in [-0.3, -0.25) is 4.79 Å². The first-order valence-electron chi connectivity index (χ1n) is 8.74.